The summed E-state index contributed by atoms with van der Waals surface area (Å²) in [4.78, 5) is 28.9. The molecule has 1 amide bonds. The van der Waals surface area contributed by atoms with Crippen molar-refractivity contribution in [2.24, 2.45) is 5.10 Å². The van der Waals surface area contributed by atoms with Crippen molar-refractivity contribution in [1.29, 1.82) is 0 Å². The van der Waals surface area contributed by atoms with Gasteiger partial charge in [0.05, 0.1) is 17.3 Å². The smallest absolute Gasteiger partial charge is 0.258 e. The van der Waals surface area contributed by atoms with Crippen LogP contribution >= 0.6 is 27.5 Å². The average Bonchev–Trinajstić information content (AvgIpc) is 3.24. The second-order valence-corrected chi connectivity index (χ2v) is 9.30. The maximum absolute atomic E-state index is 13.4. The number of aromatic nitrogens is 1. The van der Waals surface area contributed by atoms with Crippen molar-refractivity contribution in [3.63, 3.8) is 0 Å². The van der Waals surface area contributed by atoms with Crippen LogP contribution in [0.3, 0.4) is 0 Å². The Balaban J connectivity index is 1.75. The van der Waals surface area contributed by atoms with Crippen molar-refractivity contribution < 1.29 is 4.79 Å². The van der Waals surface area contributed by atoms with E-state index in [9.17, 15) is 9.59 Å². The number of fused-ring (bicyclic) bond motifs is 1. The Kier molecular flexibility index (Phi) is 5.64. The zero-order valence-corrected chi connectivity index (χ0v) is 20.0. The fourth-order valence-electron chi connectivity index (χ4n) is 4.37. The third-order valence-corrected chi connectivity index (χ3v) is 6.52. The van der Waals surface area contributed by atoms with E-state index in [0.29, 0.717) is 28.2 Å². The Bertz CT molecular complexity index is 1480. The minimum absolute atomic E-state index is 0.184. The molecule has 0 spiro atoms. The highest BCUT2D eigenvalue weighted by Crippen LogP contribution is 2.37. The van der Waals surface area contributed by atoms with Gasteiger partial charge in [0, 0.05) is 39.3 Å². The normalized spacial score (nSPS) is 15.7. The Morgan fingerprint density at radius 3 is 2.58 bits per heavy atom. The Labute approximate surface area is 203 Å². The van der Waals surface area contributed by atoms with E-state index >= 15 is 0 Å². The number of hydrazone groups is 1. The number of nitrogens with zero attached hydrogens (tertiary/aromatic N) is 2. The average molecular weight is 521 g/mol. The lowest BCUT2D eigenvalue weighted by molar-refractivity contribution is -0.130. The van der Waals surface area contributed by atoms with Crippen LogP contribution in [-0.4, -0.2) is 21.6 Å². The van der Waals surface area contributed by atoms with E-state index in [2.05, 4.69) is 26.0 Å². The highest BCUT2D eigenvalue weighted by molar-refractivity contribution is 9.10. The zero-order valence-electron chi connectivity index (χ0n) is 17.7. The maximum Gasteiger partial charge on any atom is 0.258 e. The molecule has 0 bridgehead atoms. The van der Waals surface area contributed by atoms with Gasteiger partial charge in [-0.3, -0.25) is 9.59 Å². The highest BCUT2D eigenvalue weighted by Gasteiger charge is 2.34. The maximum atomic E-state index is 13.4. The van der Waals surface area contributed by atoms with Crippen molar-refractivity contribution >= 4 is 50.1 Å². The van der Waals surface area contributed by atoms with Crippen LogP contribution in [0.25, 0.3) is 22.0 Å². The Morgan fingerprint density at radius 2 is 1.85 bits per heavy atom. The molecule has 1 atom stereocenters. The molecule has 5 nitrogen and oxygen atoms in total. The molecule has 164 valence electrons. The minimum atomic E-state index is -0.298. The molecule has 0 aliphatic carbocycles. The van der Waals surface area contributed by atoms with Gasteiger partial charge < -0.3 is 4.98 Å². The number of hydrogen-bond donors (Lipinski definition) is 1. The van der Waals surface area contributed by atoms with Crippen molar-refractivity contribution in [1.82, 2.24) is 9.99 Å². The third-order valence-electron chi connectivity index (χ3n) is 5.79. The van der Waals surface area contributed by atoms with Gasteiger partial charge in [-0.15, -0.1) is 0 Å². The molecule has 4 aromatic rings. The summed E-state index contributed by atoms with van der Waals surface area (Å²) in [6.07, 6.45) is 0.422. The summed E-state index contributed by atoms with van der Waals surface area (Å²) in [7, 11) is 0. The molecule has 0 unspecified atom stereocenters. The molecule has 3 aromatic carbocycles. The fraction of sp³-hybridized carbons (Fsp3) is 0.115. The Morgan fingerprint density at radius 1 is 1.06 bits per heavy atom. The molecule has 5 rings (SSSR count). The first-order chi connectivity index (χ1) is 15.9. The van der Waals surface area contributed by atoms with Crippen LogP contribution in [0.4, 0.5) is 0 Å². The second kappa shape index (κ2) is 8.61. The van der Waals surface area contributed by atoms with Gasteiger partial charge in [0.25, 0.3) is 5.56 Å². The van der Waals surface area contributed by atoms with Gasteiger partial charge in [-0.2, -0.15) is 5.10 Å². The van der Waals surface area contributed by atoms with E-state index in [-0.39, 0.29) is 17.5 Å². The summed E-state index contributed by atoms with van der Waals surface area (Å²) >= 11 is 9.84. The summed E-state index contributed by atoms with van der Waals surface area (Å²) in [5.41, 5.74) is 4.05. The van der Waals surface area contributed by atoms with Crippen molar-refractivity contribution in [3.8, 4) is 11.1 Å². The molecule has 1 N–H and O–H groups in total. The van der Waals surface area contributed by atoms with Crippen LogP contribution in [0.1, 0.15) is 30.5 Å². The predicted octanol–water partition coefficient (Wildman–Crippen LogP) is 6.31. The van der Waals surface area contributed by atoms with Gasteiger partial charge in [-0.25, -0.2) is 5.01 Å². The first-order valence-electron chi connectivity index (χ1n) is 10.5. The van der Waals surface area contributed by atoms with Gasteiger partial charge in [-0.1, -0.05) is 70.0 Å². The molecule has 1 aliphatic rings. The topological polar surface area (TPSA) is 65.5 Å². The zero-order chi connectivity index (χ0) is 23.1. The summed E-state index contributed by atoms with van der Waals surface area (Å²) in [5, 5.41) is 7.52. The quantitative estimate of drug-likeness (QED) is 0.344. The number of hydrogen-bond acceptors (Lipinski definition) is 3. The lowest BCUT2D eigenvalue weighted by Gasteiger charge is -2.20. The molecule has 0 saturated heterocycles. The standard InChI is InChI=1S/C26H19BrClN3O2/c1-15(32)31-23(17-8-5-9-18(27)12-17)14-22(30-31)25-24(16-6-3-2-4-7-16)20-13-19(28)10-11-21(20)29-26(25)33/h2-13,23H,14H2,1H3,(H,29,33)/t23-/m0/s1. The predicted molar refractivity (Wildman–Crippen MR) is 136 cm³/mol. The summed E-state index contributed by atoms with van der Waals surface area (Å²) in [6.45, 7) is 1.49. The van der Waals surface area contributed by atoms with Gasteiger partial charge in [0.15, 0.2) is 0 Å². The second-order valence-electron chi connectivity index (χ2n) is 7.95. The van der Waals surface area contributed by atoms with E-state index in [0.717, 1.165) is 26.5 Å². The van der Waals surface area contributed by atoms with Crippen molar-refractivity contribution in [2.75, 3.05) is 0 Å². The molecule has 33 heavy (non-hydrogen) atoms. The lowest BCUT2D eigenvalue weighted by atomic mass is 9.91. The number of carbonyl (C=O) groups is 1. The van der Waals surface area contributed by atoms with E-state index in [4.69, 9.17) is 11.6 Å². The largest absolute Gasteiger partial charge is 0.321 e. The molecular weight excluding hydrogens is 502 g/mol. The van der Waals surface area contributed by atoms with Crippen LogP contribution in [0.15, 0.2) is 87.2 Å². The molecule has 0 fully saturated rings. The van der Waals surface area contributed by atoms with Crippen LogP contribution in [0.5, 0.6) is 0 Å². The fourth-order valence-corrected chi connectivity index (χ4v) is 4.96. The van der Waals surface area contributed by atoms with E-state index in [1.54, 1.807) is 12.1 Å². The van der Waals surface area contributed by atoms with Crippen molar-refractivity contribution in [2.45, 2.75) is 19.4 Å². The first kappa shape index (κ1) is 21.6. The number of rotatable bonds is 3. The minimum Gasteiger partial charge on any atom is -0.321 e. The molecule has 7 heteroatoms. The number of halogens is 2. The Hall–Kier alpha value is -3.22. The number of pyridine rings is 1. The number of H-pyrrole nitrogens is 1. The molecular formula is C26H19BrClN3O2. The van der Waals surface area contributed by atoms with Crippen LogP contribution in [0, 0.1) is 0 Å². The molecule has 1 aromatic heterocycles. The molecule has 2 heterocycles. The van der Waals surface area contributed by atoms with E-state index in [1.807, 2.05) is 60.7 Å². The van der Waals surface area contributed by atoms with Gasteiger partial charge in [0.2, 0.25) is 5.91 Å². The first-order valence-corrected chi connectivity index (χ1v) is 11.6. The number of aromatic amines is 1. The van der Waals surface area contributed by atoms with Crippen molar-refractivity contribution in [3.05, 3.63) is 104 Å². The molecule has 0 saturated carbocycles. The number of amides is 1. The number of benzene rings is 3. The number of nitrogens with one attached hydrogen (secondary N) is 1. The molecule has 0 radical (unpaired) electrons. The third kappa shape index (κ3) is 4.01. The van der Waals surface area contributed by atoms with Gasteiger partial charge in [-0.05, 0) is 41.5 Å². The highest BCUT2D eigenvalue weighted by atomic mass is 79.9. The molecule has 1 aliphatic heterocycles. The van der Waals surface area contributed by atoms with Gasteiger partial charge >= 0.3 is 0 Å². The number of carbonyl (C=O) groups excluding carboxylic acids is 1. The summed E-state index contributed by atoms with van der Waals surface area (Å²) < 4.78 is 0.917. The summed E-state index contributed by atoms with van der Waals surface area (Å²) in [5.74, 6) is -0.184. The van der Waals surface area contributed by atoms with Crippen LogP contribution in [-0.2, 0) is 4.79 Å². The lowest BCUT2D eigenvalue weighted by Crippen LogP contribution is -2.24. The van der Waals surface area contributed by atoms with Gasteiger partial charge in [0.1, 0.15) is 0 Å². The van der Waals surface area contributed by atoms with E-state index in [1.165, 1.54) is 11.9 Å². The van der Waals surface area contributed by atoms with Crippen LogP contribution in [0.2, 0.25) is 5.02 Å². The SMILES string of the molecule is CC(=O)N1N=C(c2c(-c3ccccc3)c3cc(Cl)ccc3[nH]c2=O)C[C@H]1c1cccc(Br)c1. The monoisotopic (exact) mass is 519 g/mol. The van der Waals surface area contributed by atoms with Crippen LogP contribution < -0.4 is 5.56 Å². The van der Waals surface area contributed by atoms with E-state index < -0.39 is 0 Å². The summed E-state index contributed by atoms with van der Waals surface area (Å²) in [6, 6.07) is 22.6.